The van der Waals surface area contributed by atoms with Crippen LogP contribution in [0.15, 0.2) is 85.2 Å². The highest BCUT2D eigenvalue weighted by Gasteiger charge is 2.30. The number of carbonyl (C=O) groups excluding carboxylic acids is 1. The van der Waals surface area contributed by atoms with Crippen molar-refractivity contribution in [1.29, 1.82) is 0 Å². The first-order chi connectivity index (χ1) is 17.3. The molecule has 0 atom stereocenters. The van der Waals surface area contributed by atoms with E-state index < -0.39 is 11.7 Å². The molecule has 1 amide bonds. The molecular formula is C26H21F3N4O3. The van der Waals surface area contributed by atoms with Gasteiger partial charge in [0.15, 0.2) is 0 Å². The molecule has 3 N–H and O–H groups in total. The molecule has 0 fully saturated rings. The molecule has 7 nitrogen and oxygen atoms in total. The van der Waals surface area contributed by atoms with E-state index in [9.17, 15) is 18.0 Å². The van der Waals surface area contributed by atoms with Crippen molar-refractivity contribution in [2.75, 3.05) is 5.73 Å². The van der Waals surface area contributed by atoms with E-state index in [1.807, 2.05) is 0 Å². The Kier molecular flexibility index (Phi) is 7.33. The summed E-state index contributed by atoms with van der Waals surface area (Å²) in [6, 6.07) is 18.1. The second kappa shape index (κ2) is 10.8. The number of hydrogen-bond acceptors (Lipinski definition) is 6. The van der Waals surface area contributed by atoms with Gasteiger partial charge in [-0.05, 0) is 65.7 Å². The smallest absolute Gasteiger partial charge is 0.416 e. The Hall–Kier alpha value is -4.60. The molecule has 0 spiro atoms. The maximum absolute atomic E-state index is 12.8. The Bertz CT molecular complexity index is 1330. The zero-order chi connectivity index (χ0) is 25.5. The predicted octanol–water partition coefficient (Wildman–Crippen LogP) is 5.38. The average molecular weight is 494 g/mol. The van der Waals surface area contributed by atoms with Gasteiger partial charge < -0.3 is 20.5 Å². The van der Waals surface area contributed by atoms with E-state index in [0.717, 1.165) is 17.7 Å². The third-order valence-corrected chi connectivity index (χ3v) is 5.00. The molecule has 184 valence electrons. The summed E-state index contributed by atoms with van der Waals surface area (Å²) in [6.07, 6.45) is -1.43. The molecular weight excluding hydrogens is 473 g/mol. The SMILES string of the molecule is Nc1cc(CNC(=O)c2ccc(Oc3ccc(OCc4cccc(C(F)(F)F)c4)cc3)nc2)ccn1. The van der Waals surface area contributed by atoms with Crippen molar-refractivity contribution in [3.63, 3.8) is 0 Å². The van der Waals surface area contributed by atoms with Gasteiger partial charge in [0.25, 0.3) is 5.91 Å². The second-order valence-electron chi connectivity index (χ2n) is 7.72. The molecule has 4 rings (SSSR count). The summed E-state index contributed by atoms with van der Waals surface area (Å²) in [4.78, 5) is 20.4. The summed E-state index contributed by atoms with van der Waals surface area (Å²) in [5, 5.41) is 2.78. The maximum Gasteiger partial charge on any atom is 0.416 e. The van der Waals surface area contributed by atoms with E-state index in [0.29, 0.717) is 35.0 Å². The van der Waals surface area contributed by atoms with Crippen molar-refractivity contribution in [3.05, 3.63) is 107 Å². The van der Waals surface area contributed by atoms with Crippen LogP contribution in [0, 0.1) is 0 Å². The molecule has 2 aromatic carbocycles. The number of benzene rings is 2. The molecule has 0 aliphatic rings. The van der Waals surface area contributed by atoms with Gasteiger partial charge in [-0.1, -0.05) is 12.1 Å². The molecule has 2 heterocycles. The number of halogens is 3. The van der Waals surface area contributed by atoms with Crippen LogP contribution in [0.2, 0.25) is 0 Å². The molecule has 4 aromatic rings. The Balaban J connectivity index is 1.28. The van der Waals surface area contributed by atoms with Crippen LogP contribution in [0.5, 0.6) is 17.4 Å². The van der Waals surface area contributed by atoms with Crippen molar-refractivity contribution < 1.29 is 27.4 Å². The molecule has 2 aromatic heterocycles. The summed E-state index contributed by atoms with van der Waals surface area (Å²) in [5.74, 6) is 1.30. The summed E-state index contributed by atoms with van der Waals surface area (Å²) in [6.45, 7) is 0.287. The Morgan fingerprint density at radius 3 is 2.39 bits per heavy atom. The van der Waals surface area contributed by atoms with Gasteiger partial charge in [0, 0.05) is 25.0 Å². The maximum atomic E-state index is 12.8. The molecule has 0 radical (unpaired) electrons. The third-order valence-electron chi connectivity index (χ3n) is 5.00. The van der Waals surface area contributed by atoms with E-state index >= 15 is 0 Å². The van der Waals surface area contributed by atoms with Crippen molar-refractivity contribution in [1.82, 2.24) is 15.3 Å². The first-order valence-electron chi connectivity index (χ1n) is 10.8. The van der Waals surface area contributed by atoms with Gasteiger partial charge in [-0.15, -0.1) is 0 Å². The van der Waals surface area contributed by atoms with E-state index in [1.54, 1.807) is 60.8 Å². The topological polar surface area (TPSA) is 99.4 Å². The number of ether oxygens (including phenoxy) is 2. The number of nitrogens with two attached hydrogens (primary N) is 1. The number of nitrogens with zero attached hydrogens (tertiary/aromatic N) is 2. The summed E-state index contributed by atoms with van der Waals surface area (Å²) in [7, 11) is 0. The van der Waals surface area contributed by atoms with E-state index in [2.05, 4.69) is 15.3 Å². The molecule has 0 bridgehead atoms. The number of pyridine rings is 2. The largest absolute Gasteiger partial charge is 0.489 e. The highest BCUT2D eigenvalue weighted by molar-refractivity contribution is 5.93. The molecule has 36 heavy (non-hydrogen) atoms. The fourth-order valence-electron chi connectivity index (χ4n) is 3.19. The minimum Gasteiger partial charge on any atom is -0.489 e. The Morgan fingerprint density at radius 2 is 1.69 bits per heavy atom. The first-order valence-corrected chi connectivity index (χ1v) is 10.8. The number of amides is 1. The molecule has 0 saturated heterocycles. The number of nitrogen functional groups attached to an aromatic ring is 1. The lowest BCUT2D eigenvalue weighted by atomic mass is 10.1. The van der Waals surface area contributed by atoms with Gasteiger partial charge in [-0.25, -0.2) is 9.97 Å². The van der Waals surface area contributed by atoms with Crippen LogP contribution in [0.25, 0.3) is 0 Å². The molecule has 0 aliphatic heterocycles. The van der Waals surface area contributed by atoms with Crippen LogP contribution < -0.4 is 20.5 Å². The lowest BCUT2D eigenvalue weighted by Gasteiger charge is -2.11. The minimum absolute atomic E-state index is 0.0102. The Labute approximate surface area is 204 Å². The lowest BCUT2D eigenvalue weighted by molar-refractivity contribution is -0.137. The van der Waals surface area contributed by atoms with Crippen LogP contribution in [-0.2, 0) is 19.3 Å². The normalized spacial score (nSPS) is 11.1. The molecule has 0 saturated carbocycles. The van der Waals surface area contributed by atoms with Crippen molar-refractivity contribution in [2.45, 2.75) is 19.3 Å². The molecule has 10 heteroatoms. The standard InChI is InChI=1S/C26H21F3N4O3/c27-26(28,29)20-3-1-2-18(12-20)16-35-21-5-7-22(8-6-21)36-24-9-4-19(15-32-24)25(34)33-14-17-10-11-31-23(30)13-17/h1-13,15H,14,16H2,(H2,30,31)(H,33,34). The van der Waals surface area contributed by atoms with Gasteiger partial charge in [0.05, 0.1) is 11.1 Å². The van der Waals surface area contributed by atoms with Gasteiger partial charge >= 0.3 is 6.18 Å². The number of nitrogens with one attached hydrogen (secondary N) is 1. The summed E-state index contributed by atoms with van der Waals surface area (Å²) < 4.78 is 49.8. The summed E-state index contributed by atoms with van der Waals surface area (Å²) >= 11 is 0. The number of aromatic nitrogens is 2. The first kappa shape index (κ1) is 24.5. The van der Waals surface area contributed by atoms with Crippen LogP contribution in [0.3, 0.4) is 0 Å². The van der Waals surface area contributed by atoms with Crippen LogP contribution in [0.1, 0.15) is 27.0 Å². The highest BCUT2D eigenvalue weighted by atomic mass is 19.4. The lowest BCUT2D eigenvalue weighted by Crippen LogP contribution is -2.23. The van der Waals surface area contributed by atoms with Gasteiger partial charge in [0.2, 0.25) is 5.88 Å². The van der Waals surface area contributed by atoms with Crippen molar-refractivity contribution in [3.8, 4) is 17.4 Å². The van der Waals surface area contributed by atoms with Crippen LogP contribution in [-0.4, -0.2) is 15.9 Å². The third kappa shape index (κ3) is 6.72. The quantitative estimate of drug-likeness (QED) is 0.341. The minimum atomic E-state index is -4.40. The van der Waals surface area contributed by atoms with E-state index in [4.69, 9.17) is 15.2 Å². The number of alkyl halides is 3. The van der Waals surface area contributed by atoms with Crippen LogP contribution in [0.4, 0.5) is 19.0 Å². The van der Waals surface area contributed by atoms with Gasteiger partial charge in [0.1, 0.15) is 23.9 Å². The average Bonchev–Trinajstić information content (AvgIpc) is 2.87. The highest BCUT2D eigenvalue weighted by Crippen LogP contribution is 2.30. The van der Waals surface area contributed by atoms with E-state index in [1.165, 1.54) is 12.3 Å². The number of rotatable bonds is 8. The van der Waals surface area contributed by atoms with Crippen molar-refractivity contribution >= 4 is 11.7 Å². The van der Waals surface area contributed by atoms with Crippen molar-refractivity contribution in [2.24, 2.45) is 0 Å². The van der Waals surface area contributed by atoms with Gasteiger partial charge in [-0.2, -0.15) is 13.2 Å². The number of anilines is 1. The van der Waals surface area contributed by atoms with E-state index in [-0.39, 0.29) is 18.4 Å². The number of carbonyl (C=O) groups is 1. The van der Waals surface area contributed by atoms with Gasteiger partial charge in [-0.3, -0.25) is 4.79 Å². The second-order valence-corrected chi connectivity index (χ2v) is 7.72. The predicted molar refractivity (Wildman–Crippen MR) is 126 cm³/mol. The Morgan fingerprint density at radius 1 is 0.917 bits per heavy atom. The fourth-order valence-corrected chi connectivity index (χ4v) is 3.19. The number of hydrogen-bond donors (Lipinski definition) is 2. The summed E-state index contributed by atoms with van der Waals surface area (Å²) in [5.41, 5.74) is 6.51. The molecule has 0 aliphatic carbocycles. The fraction of sp³-hybridized carbons (Fsp3) is 0.115. The zero-order valence-electron chi connectivity index (χ0n) is 18.8. The van der Waals surface area contributed by atoms with Crippen LogP contribution >= 0.6 is 0 Å². The zero-order valence-corrected chi connectivity index (χ0v) is 18.8. The molecule has 0 unspecified atom stereocenters. The monoisotopic (exact) mass is 494 g/mol.